The highest BCUT2D eigenvalue weighted by Crippen LogP contribution is 2.27. The zero-order chi connectivity index (χ0) is 15.2. The maximum absolute atomic E-state index is 11.8. The highest BCUT2D eigenvalue weighted by molar-refractivity contribution is 6.31. The van der Waals surface area contributed by atoms with Crippen molar-refractivity contribution in [3.8, 4) is 5.75 Å². The summed E-state index contributed by atoms with van der Waals surface area (Å²) in [7, 11) is 2.97. The van der Waals surface area contributed by atoms with Crippen LogP contribution in [0.5, 0.6) is 5.75 Å². The number of hydrogen-bond donors (Lipinski definition) is 3. The summed E-state index contributed by atoms with van der Waals surface area (Å²) in [5.74, 6) is 0.494. The van der Waals surface area contributed by atoms with Crippen molar-refractivity contribution < 1.29 is 19.4 Å². The van der Waals surface area contributed by atoms with Gasteiger partial charge in [-0.05, 0) is 25.1 Å². The number of rotatable bonds is 6. The van der Waals surface area contributed by atoms with Crippen molar-refractivity contribution in [3.63, 3.8) is 0 Å². The van der Waals surface area contributed by atoms with Gasteiger partial charge in [-0.3, -0.25) is 0 Å². The predicted molar refractivity (Wildman–Crippen MR) is 77.5 cm³/mol. The number of urea groups is 1. The number of ether oxygens (including phenoxy) is 2. The maximum atomic E-state index is 11.8. The van der Waals surface area contributed by atoms with Crippen LogP contribution < -0.4 is 15.4 Å². The standard InChI is InChI=1S/C13H19ClN2O4/c1-13(18,8-19-2)7-15-12(17)16-10-6-9(14)4-5-11(10)20-3/h4-6,18H,7-8H2,1-3H3,(H2,15,16,17). The van der Waals surface area contributed by atoms with Crippen molar-refractivity contribution in [2.45, 2.75) is 12.5 Å². The molecule has 0 heterocycles. The van der Waals surface area contributed by atoms with Crippen molar-refractivity contribution in [2.24, 2.45) is 0 Å². The molecule has 0 aliphatic rings. The number of halogens is 1. The summed E-state index contributed by atoms with van der Waals surface area (Å²) in [5, 5.41) is 15.5. The summed E-state index contributed by atoms with van der Waals surface area (Å²) in [6.45, 7) is 1.74. The number of anilines is 1. The molecule has 0 aliphatic carbocycles. The maximum Gasteiger partial charge on any atom is 0.319 e. The van der Waals surface area contributed by atoms with Crippen molar-refractivity contribution >= 4 is 23.3 Å². The molecule has 0 aliphatic heterocycles. The van der Waals surface area contributed by atoms with Crippen LogP contribution >= 0.6 is 11.6 Å². The highest BCUT2D eigenvalue weighted by atomic mass is 35.5. The van der Waals surface area contributed by atoms with Crippen LogP contribution in [-0.4, -0.2) is 44.1 Å². The number of methoxy groups -OCH3 is 2. The van der Waals surface area contributed by atoms with E-state index in [9.17, 15) is 9.90 Å². The summed E-state index contributed by atoms with van der Waals surface area (Å²) in [6, 6.07) is 4.42. The van der Waals surface area contributed by atoms with Crippen LogP contribution in [0.3, 0.4) is 0 Å². The van der Waals surface area contributed by atoms with E-state index in [0.29, 0.717) is 16.5 Å². The molecule has 2 amide bonds. The monoisotopic (exact) mass is 302 g/mol. The fraction of sp³-hybridized carbons (Fsp3) is 0.462. The SMILES string of the molecule is COCC(C)(O)CNC(=O)Nc1cc(Cl)ccc1OC. The Balaban J connectivity index is 2.61. The number of amides is 2. The first-order valence-electron chi connectivity index (χ1n) is 5.97. The van der Waals surface area contributed by atoms with Gasteiger partial charge in [-0.2, -0.15) is 0 Å². The normalized spacial score (nSPS) is 13.4. The molecule has 1 aromatic rings. The molecule has 7 heteroatoms. The summed E-state index contributed by atoms with van der Waals surface area (Å²) >= 11 is 5.86. The van der Waals surface area contributed by atoms with E-state index in [4.69, 9.17) is 21.1 Å². The zero-order valence-electron chi connectivity index (χ0n) is 11.7. The molecule has 0 saturated carbocycles. The summed E-state index contributed by atoms with van der Waals surface area (Å²) in [6.07, 6.45) is 0. The van der Waals surface area contributed by atoms with Gasteiger partial charge in [-0.1, -0.05) is 11.6 Å². The first-order valence-corrected chi connectivity index (χ1v) is 6.35. The van der Waals surface area contributed by atoms with Crippen molar-refractivity contribution in [2.75, 3.05) is 32.7 Å². The summed E-state index contributed by atoms with van der Waals surface area (Å²) < 4.78 is 9.96. The number of carbonyl (C=O) groups is 1. The molecule has 1 atom stereocenters. The first kappa shape index (κ1) is 16.6. The molecule has 0 spiro atoms. The first-order chi connectivity index (χ1) is 9.38. The Kier molecular flexibility index (Phi) is 6.06. The van der Waals surface area contributed by atoms with Gasteiger partial charge < -0.3 is 25.2 Å². The van der Waals surface area contributed by atoms with Crippen molar-refractivity contribution in [3.05, 3.63) is 23.2 Å². The van der Waals surface area contributed by atoms with Gasteiger partial charge >= 0.3 is 6.03 Å². The number of nitrogens with one attached hydrogen (secondary N) is 2. The summed E-state index contributed by atoms with van der Waals surface area (Å²) in [4.78, 5) is 11.8. The van der Waals surface area contributed by atoms with Gasteiger partial charge in [-0.25, -0.2) is 4.79 Å². The molecule has 0 saturated heterocycles. The van der Waals surface area contributed by atoms with Gasteiger partial charge in [-0.15, -0.1) is 0 Å². The second kappa shape index (κ2) is 7.33. The number of carbonyl (C=O) groups excluding carboxylic acids is 1. The molecule has 3 N–H and O–H groups in total. The van der Waals surface area contributed by atoms with E-state index in [1.54, 1.807) is 25.1 Å². The average Bonchev–Trinajstić information content (AvgIpc) is 2.37. The molecule has 1 aromatic carbocycles. The third kappa shape index (κ3) is 5.24. The lowest BCUT2D eigenvalue weighted by atomic mass is 10.1. The fourth-order valence-electron chi connectivity index (χ4n) is 1.58. The number of benzene rings is 1. The lowest BCUT2D eigenvalue weighted by Crippen LogP contribution is -2.45. The van der Waals surface area contributed by atoms with E-state index in [1.165, 1.54) is 14.2 Å². The smallest absolute Gasteiger partial charge is 0.319 e. The molecule has 1 unspecified atom stereocenters. The largest absolute Gasteiger partial charge is 0.495 e. The molecule has 0 aromatic heterocycles. The molecule has 0 radical (unpaired) electrons. The Bertz CT molecular complexity index is 466. The van der Waals surface area contributed by atoms with Crippen LogP contribution in [-0.2, 0) is 4.74 Å². The fourth-order valence-corrected chi connectivity index (χ4v) is 1.75. The van der Waals surface area contributed by atoms with E-state index in [2.05, 4.69) is 10.6 Å². The van der Waals surface area contributed by atoms with E-state index in [1.807, 2.05) is 0 Å². The van der Waals surface area contributed by atoms with Crippen LogP contribution in [0.1, 0.15) is 6.92 Å². The Morgan fingerprint density at radius 1 is 1.45 bits per heavy atom. The zero-order valence-corrected chi connectivity index (χ0v) is 12.5. The van der Waals surface area contributed by atoms with E-state index >= 15 is 0 Å². The molecular weight excluding hydrogens is 284 g/mol. The summed E-state index contributed by atoms with van der Waals surface area (Å²) in [5.41, 5.74) is -0.686. The molecular formula is C13H19ClN2O4. The Labute approximate surface area is 123 Å². The highest BCUT2D eigenvalue weighted by Gasteiger charge is 2.21. The lowest BCUT2D eigenvalue weighted by Gasteiger charge is -2.22. The van der Waals surface area contributed by atoms with Gasteiger partial charge in [0.15, 0.2) is 0 Å². The molecule has 0 bridgehead atoms. The van der Waals surface area contributed by atoms with Crippen molar-refractivity contribution in [1.29, 1.82) is 0 Å². The van der Waals surface area contributed by atoms with Gasteiger partial charge in [0, 0.05) is 12.1 Å². The second-order valence-electron chi connectivity index (χ2n) is 4.58. The van der Waals surface area contributed by atoms with Crippen LogP contribution in [0, 0.1) is 0 Å². The third-order valence-corrected chi connectivity index (χ3v) is 2.73. The van der Waals surface area contributed by atoms with E-state index < -0.39 is 11.6 Å². The number of aliphatic hydroxyl groups is 1. The van der Waals surface area contributed by atoms with E-state index in [-0.39, 0.29) is 13.2 Å². The molecule has 112 valence electrons. The lowest BCUT2D eigenvalue weighted by molar-refractivity contribution is -0.0133. The van der Waals surface area contributed by atoms with Gasteiger partial charge in [0.05, 0.1) is 25.9 Å². The Morgan fingerprint density at radius 2 is 2.15 bits per heavy atom. The van der Waals surface area contributed by atoms with Gasteiger partial charge in [0.2, 0.25) is 0 Å². The van der Waals surface area contributed by atoms with Crippen LogP contribution in [0.2, 0.25) is 5.02 Å². The molecule has 0 fully saturated rings. The molecule has 6 nitrogen and oxygen atoms in total. The van der Waals surface area contributed by atoms with Gasteiger partial charge in [0.1, 0.15) is 11.4 Å². The van der Waals surface area contributed by atoms with E-state index in [0.717, 1.165) is 0 Å². The topological polar surface area (TPSA) is 79.8 Å². The van der Waals surface area contributed by atoms with Crippen LogP contribution in [0.4, 0.5) is 10.5 Å². The Hall–Kier alpha value is -1.50. The average molecular weight is 303 g/mol. The van der Waals surface area contributed by atoms with Crippen LogP contribution in [0.15, 0.2) is 18.2 Å². The second-order valence-corrected chi connectivity index (χ2v) is 5.02. The third-order valence-electron chi connectivity index (χ3n) is 2.49. The molecule has 20 heavy (non-hydrogen) atoms. The predicted octanol–water partition coefficient (Wildman–Crippen LogP) is 1.87. The van der Waals surface area contributed by atoms with Gasteiger partial charge in [0.25, 0.3) is 0 Å². The minimum Gasteiger partial charge on any atom is -0.495 e. The number of hydrogen-bond acceptors (Lipinski definition) is 4. The minimum absolute atomic E-state index is 0.0511. The molecule has 1 rings (SSSR count). The quantitative estimate of drug-likeness (QED) is 0.749. The van der Waals surface area contributed by atoms with Crippen molar-refractivity contribution in [1.82, 2.24) is 5.32 Å². The Morgan fingerprint density at radius 3 is 2.75 bits per heavy atom. The minimum atomic E-state index is -1.13. The van der Waals surface area contributed by atoms with Crippen LogP contribution in [0.25, 0.3) is 0 Å².